The largest absolute Gasteiger partial charge is 0.454 e. The predicted octanol–water partition coefficient (Wildman–Crippen LogP) is 2.28. The maximum atomic E-state index is 12.1. The van der Waals surface area contributed by atoms with E-state index in [1.165, 1.54) is 0 Å². The molecule has 0 unspecified atom stereocenters. The minimum atomic E-state index is -0.331. The third kappa shape index (κ3) is 3.08. The Hall–Kier alpha value is -2.83. The first-order valence-electron chi connectivity index (χ1n) is 6.93. The van der Waals surface area contributed by atoms with Crippen LogP contribution in [0.4, 0.5) is 11.5 Å². The molecule has 114 valence electrons. The van der Waals surface area contributed by atoms with Crippen molar-refractivity contribution >= 4 is 17.4 Å². The van der Waals surface area contributed by atoms with Crippen LogP contribution >= 0.6 is 0 Å². The van der Waals surface area contributed by atoms with E-state index in [1.54, 1.807) is 30.3 Å². The molecular weight excluding hydrogens is 284 g/mol. The molecule has 1 aliphatic heterocycles. The lowest BCUT2D eigenvalue weighted by atomic mass is 10.2. The van der Waals surface area contributed by atoms with E-state index < -0.39 is 0 Å². The van der Waals surface area contributed by atoms with E-state index in [9.17, 15) is 4.79 Å². The number of amides is 1. The molecule has 0 aliphatic carbocycles. The summed E-state index contributed by atoms with van der Waals surface area (Å²) in [6.45, 7) is 4.20. The number of anilines is 2. The standard InChI is InChI=1S/C15H16N4O3/c1-9(2)16-14-6-4-11(18-19-14)15(20)17-10-3-5-12-13(7-10)22-8-21-12/h3-7,9H,8H2,1-2H3,(H,16,19)(H,17,20). The fourth-order valence-corrected chi connectivity index (χ4v) is 2.00. The molecule has 0 saturated carbocycles. The van der Waals surface area contributed by atoms with Gasteiger partial charge in [0.25, 0.3) is 5.91 Å². The van der Waals surface area contributed by atoms with Crippen LogP contribution in [0, 0.1) is 0 Å². The molecule has 1 aromatic heterocycles. The molecule has 0 radical (unpaired) electrons. The fourth-order valence-electron chi connectivity index (χ4n) is 2.00. The van der Waals surface area contributed by atoms with Gasteiger partial charge in [-0.25, -0.2) is 0 Å². The monoisotopic (exact) mass is 300 g/mol. The highest BCUT2D eigenvalue weighted by Gasteiger charge is 2.15. The van der Waals surface area contributed by atoms with Gasteiger partial charge in [0.2, 0.25) is 6.79 Å². The normalized spacial score (nSPS) is 12.3. The molecule has 22 heavy (non-hydrogen) atoms. The van der Waals surface area contributed by atoms with Crippen LogP contribution in [0.1, 0.15) is 24.3 Å². The number of carbonyl (C=O) groups is 1. The summed E-state index contributed by atoms with van der Waals surface area (Å²) in [5.74, 6) is 1.58. The third-order valence-corrected chi connectivity index (χ3v) is 2.96. The van der Waals surface area contributed by atoms with E-state index >= 15 is 0 Å². The van der Waals surface area contributed by atoms with Crippen LogP contribution in [0.15, 0.2) is 30.3 Å². The molecule has 0 spiro atoms. The average molecular weight is 300 g/mol. The number of ether oxygens (including phenoxy) is 2. The number of fused-ring (bicyclic) bond motifs is 1. The molecule has 7 heteroatoms. The topological polar surface area (TPSA) is 85.4 Å². The van der Waals surface area contributed by atoms with Gasteiger partial charge in [-0.15, -0.1) is 10.2 Å². The van der Waals surface area contributed by atoms with E-state index in [1.807, 2.05) is 13.8 Å². The number of carbonyl (C=O) groups excluding carboxylic acids is 1. The summed E-state index contributed by atoms with van der Waals surface area (Å²) >= 11 is 0. The number of nitrogens with zero attached hydrogens (tertiary/aromatic N) is 2. The van der Waals surface area contributed by atoms with Crippen LogP contribution in [0.3, 0.4) is 0 Å². The number of rotatable bonds is 4. The van der Waals surface area contributed by atoms with Crippen LogP contribution in [-0.4, -0.2) is 28.9 Å². The van der Waals surface area contributed by atoms with Gasteiger partial charge in [-0.3, -0.25) is 4.79 Å². The minimum Gasteiger partial charge on any atom is -0.454 e. The van der Waals surface area contributed by atoms with Crippen LogP contribution in [0.25, 0.3) is 0 Å². The summed E-state index contributed by atoms with van der Waals surface area (Å²) in [7, 11) is 0. The zero-order chi connectivity index (χ0) is 15.5. The Balaban J connectivity index is 1.69. The molecule has 1 aliphatic rings. The van der Waals surface area contributed by atoms with Gasteiger partial charge in [0.1, 0.15) is 5.82 Å². The summed E-state index contributed by atoms with van der Waals surface area (Å²) < 4.78 is 10.5. The van der Waals surface area contributed by atoms with Crippen molar-refractivity contribution in [3.63, 3.8) is 0 Å². The van der Waals surface area contributed by atoms with Gasteiger partial charge in [0.05, 0.1) is 0 Å². The van der Waals surface area contributed by atoms with Crippen molar-refractivity contribution in [1.82, 2.24) is 10.2 Å². The summed E-state index contributed by atoms with van der Waals surface area (Å²) in [6, 6.07) is 8.80. The van der Waals surface area contributed by atoms with E-state index in [0.29, 0.717) is 23.0 Å². The van der Waals surface area contributed by atoms with Crippen molar-refractivity contribution in [2.45, 2.75) is 19.9 Å². The van der Waals surface area contributed by atoms with Gasteiger partial charge in [-0.05, 0) is 38.1 Å². The van der Waals surface area contributed by atoms with E-state index in [-0.39, 0.29) is 24.4 Å². The molecular formula is C15H16N4O3. The van der Waals surface area contributed by atoms with Crippen LogP contribution in [0.2, 0.25) is 0 Å². The maximum Gasteiger partial charge on any atom is 0.276 e. The summed E-state index contributed by atoms with van der Waals surface area (Å²) in [5, 5.41) is 13.8. The molecule has 0 atom stereocenters. The second-order valence-electron chi connectivity index (χ2n) is 5.13. The Kier molecular flexibility index (Phi) is 3.78. The Morgan fingerprint density at radius 1 is 1.14 bits per heavy atom. The number of aromatic nitrogens is 2. The van der Waals surface area contributed by atoms with Gasteiger partial charge in [-0.1, -0.05) is 0 Å². The minimum absolute atomic E-state index is 0.197. The van der Waals surface area contributed by atoms with Crippen molar-refractivity contribution in [2.75, 3.05) is 17.4 Å². The lowest BCUT2D eigenvalue weighted by molar-refractivity contribution is 0.102. The SMILES string of the molecule is CC(C)Nc1ccc(C(=O)Nc2ccc3c(c2)OCO3)nn1. The van der Waals surface area contributed by atoms with Crippen molar-refractivity contribution in [3.8, 4) is 11.5 Å². The summed E-state index contributed by atoms with van der Waals surface area (Å²) in [6.07, 6.45) is 0. The van der Waals surface area contributed by atoms with Crippen LogP contribution in [-0.2, 0) is 0 Å². The number of hydrogen-bond donors (Lipinski definition) is 2. The molecule has 2 aromatic rings. The van der Waals surface area contributed by atoms with Gasteiger partial charge >= 0.3 is 0 Å². The molecule has 0 bridgehead atoms. The molecule has 1 aromatic carbocycles. The predicted molar refractivity (Wildman–Crippen MR) is 81.3 cm³/mol. The van der Waals surface area contributed by atoms with Gasteiger partial charge in [0.15, 0.2) is 17.2 Å². The number of benzene rings is 1. The van der Waals surface area contributed by atoms with Gasteiger partial charge < -0.3 is 20.1 Å². The van der Waals surface area contributed by atoms with Crippen molar-refractivity contribution in [2.24, 2.45) is 0 Å². The molecule has 0 fully saturated rings. The van der Waals surface area contributed by atoms with Crippen LogP contribution in [0.5, 0.6) is 11.5 Å². The number of nitrogens with one attached hydrogen (secondary N) is 2. The zero-order valence-corrected chi connectivity index (χ0v) is 12.3. The highest BCUT2D eigenvalue weighted by atomic mass is 16.7. The molecule has 7 nitrogen and oxygen atoms in total. The molecule has 1 amide bonds. The zero-order valence-electron chi connectivity index (χ0n) is 12.3. The molecule has 3 rings (SSSR count). The Labute approximate surface area is 127 Å². The van der Waals surface area contributed by atoms with Gasteiger partial charge in [0, 0.05) is 17.8 Å². The first-order chi connectivity index (χ1) is 10.6. The van der Waals surface area contributed by atoms with E-state index in [0.717, 1.165) is 0 Å². The number of hydrogen-bond acceptors (Lipinski definition) is 6. The van der Waals surface area contributed by atoms with Gasteiger partial charge in [-0.2, -0.15) is 0 Å². The lowest BCUT2D eigenvalue weighted by Gasteiger charge is -2.08. The average Bonchev–Trinajstić information content (AvgIpc) is 2.95. The molecule has 0 saturated heterocycles. The highest BCUT2D eigenvalue weighted by Crippen LogP contribution is 2.34. The van der Waals surface area contributed by atoms with Crippen molar-refractivity contribution in [1.29, 1.82) is 0 Å². The maximum absolute atomic E-state index is 12.1. The van der Waals surface area contributed by atoms with E-state index in [2.05, 4.69) is 20.8 Å². The molecule has 2 heterocycles. The van der Waals surface area contributed by atoms with Crippen LogP contribution < -0.4 is 20.1 Å². The lowest BCUT2D eigenvalue weighted by Crippen LogP contribution is -2.16. The fraction of sp³-hybridized carbons (Fsp3) is 0.267. The molecule has 2 N–H and O–H groups in total. The second kappa shape index (κ2) is 5.88. The Bertz CT molecular complexity index is 686. The quantitative estimate of drug-likeness (QED) is 0.901. The first-order valence-corrected chi connectivity index (χ1v) is 6.93. The van der Waals surface area contributed by atoms with E-state index in [4.69, 9.17) is 9.47 Å². The Morgan fingerprint density at radius 3 is 2.68 bits per heavy atom. The second-order valence-corrected chi connectivity index (χ2v) is 5.13. The van der Waals surface area contributed by atoms with Crippen molar-refractivity contribution in [3.05, 3.63) is 36.0 Å². The summed E-state index contributed by atoms with van der Waals surface area (Å²) in [5.41, 5.74) is 0.854. The third-order valence-electron chi connectivity index (χ3n) is 2.96. The Morgan fingerprint density at radius 2 is 1.95 bits per heavy atom. The highest BCUT2D eigenvalue weighted by molar-refractivity contribution is 6.02. The smallest absolute Gasteiger partial charge is 0.276 e. The van der Waals surface area contributed by atoms with Crippen molar-refractivity contribution < 1.29 is 14.3 Å². The summed E-state index contributed by atoms with van der Waals surface area (Å²) in [4.78, 5) is 12.1. The first kappa shape index (κ1) is 14.1.